The first-order valence-electron chi connectivity index (χ1n) is 10.5. The van der Waals surface area contributed by atoms with Gasteiger partial charge in [-0.3, -0.25) is 0 Å². The minimum absolute atomic E-state index is 0.197. The van der Waals surface area contributed by atoms with Crippen LogP contribution in [0.2, 0.25) is 0 Å². The van der Waals surface area contributed by atoms with Crippen molar-refractivity contribution in [1.29, 1.82) is 0 Å². The van der Waals surface area contributed by atoms with Crippen LogP contribution in [-0.2, 0) is 0 Å². The fourth-order valence-electron chi connectivity index (χ4n) is 4.17. The van der Waals surface area contributed by atoms with Crippen LogP contribution in [0.15, 0.2) is 103 Å². The van der Waals surface area contributed by atoms with Crippen LogP contribution in [0.4, 0.5) is 0 Å². The second-order valence-corrected chi connectivity index (χ2v) is 7.96. The van der Waals surface area contributed by atoms with Gasteiger partial charge in [0.1, 0.15) is 5.75 Å². The highest BCUT2D eigenvalue weighted by Gasteiger charge is 2.28. The number of hydrogen-bond acceptors (Lipinski definition) is 1. The lowest BCUT2D eigenvalue weighted by Crippen LogP contribution is -2.15. The zero-order valence-corrected chi connectivity index (χ0v) is 17.9. The molecule has 1 nitrogen and oxygen atoms in total. The Balaban J connectivity index is 1.91. The molecule has 1 unspecified atom stereocenters. The predicted molar refractivity (Wildman–Crippen MR) is 125 cm³/mol. The van der Waals surface area contributed by atoms with Gasteiger partial charge in [-0.2, -0.15) is 0 Å². The van der Waals surface area contributed by atoms with Crippen molar-refractivity contribution in [3.05, 3.63) is 137 Å². The maximum absolute atomic E-state index is 5.41. The van der Waals surface area contributed by atoms with Crippen LogP contribution in [0.3, 0.4) is 0 Å². The summed E-state index contributed by atoms with van der Waals surface area (Å²) in [6.07, 6.45) is 0. The van der Waals surface area contributed by atoms with Crippen LogP contribution >= 0.6 is 0 Å². The Kier molecular flexibility index (Phi) is 5.99. The molecular weight excluding hydrogens is 364 g/mol. The molecule has 0 radical (unpaired) electrons. The van der Waals surface area contributed by atoms with Crippen LogP contribution < -0.4 is 4.74 Å². The van der Waals surface area contributed by atoms with Crippen molar-refractivity contribution in [3.63, 3.8) is 0 Å². The first-order chi connectivity index (χ1) is 14.7. The average Bonchev–Trinajstić information content (AvgIpc) is 2.80. The molecule has 0 amide bonds. The number of ether oxygens (including phenoxy) is 1. The molecule has 0 aliphatic carbocycles. The molecule has 0 saturated carbocycles. The zero-order chi connectivity index (χ0) is 20.9. The Hall–Kier alpha value is -3.32. The lowest BCUT2D eigenvalue weighted by Gasteiger charge is -2.30. The van der Waals surface area contributed by atoms with E-state index in [0.717, 1.165) is 5.75 Å². The highest BCUT2D eigenvalue weighted by Crippen LogP contribution is 2.43. The number of rotatable bonds is 6. The monoisotopic (exact) mass is 392 g/mol. The summed E-state index contributed by atoms with van der Waals surface area (Å²) < 4.78 is 5.41. The van der Waals surface area contributed by atoms with E-state index in [1.165, 1.54) is 33.4 Å². The summed E-state index contributed by atoms with van der Waals surface area (Å²) in [5.74, 6) is 1.29. The molecule has 1 heteroatoms. The number of aryl methyl sites for hydroxylation is 2. The molecule has 0 spiro atoms. The van der Waals surface area contributed by atoms with E-state index in [1.54, 1.807) is 7.11 Å². The Morgan fingerprint density at radius 3 is 1.23 bits per heavy atom. The van der Waals surface area contributed by atoms with E-state index in [1.807, 2.05) is 0 Å². The van der Waals surface area contributed by atoms with Gasteiger partial charge < -0.3 is 4.74 Å². The van der Waals surface area contributed by atoms with Gasteiger partial charge in [0, 0.05) is 11.8 Å². The van der Waals surface area contributed by atoms with Gasteiger partial charge in [-0.25, -0.2) is 0 Å². The summed E-state index contributed by atoms with van der Waals surface area (Å²) in [6, 6.07) is 37.3. The molecule has 0 aliphatic heterocycles. The summed E-state index contributed by atoms with van der Waals surface area (Å²) in [5, 5.41) is 0. The molecule has 30 heavy (non-hydrogen) atoms. The van der Waals surface area contributed by atoms with Crippen LogP contribution in [0, 0.1) is 13.8 Å². The van der Waals surface area contributed by atoms with Gasteiger partial charge in [0.2, 0.25) is 0 Å². The number of hydrogen-bond donors (Lipinski definition) is 0. The van der Waals surface area contributed by atoms with Gasteiger partial charge >= 0.3 is 0 Å². The third-order valence-electron chi connectivity index (χ3n) is 5.84. The molecule has 4 aromatic rings. The SMILES string of the molecule is COc1ccc(C(c2ccccc2)C(c2ccc(C)cc2)c2ccc(C)cc2)cc1. The van der Waals surface area contributed by atoms with Gasteiger partial charge in [0.15, 0.2) is 0 Å². The van der Waals surface area contributed by atoms with Crippen molar-refractivity contribution < 1.29 is 4.74 Å². The maximum atomic E-state index is 5.41. The Bertz CT molecular complexity index is 1020. The molecule has 0 fully saturated rings. The Morgan fingerprint density at radius 2 is 0.833 bits per heavy atom. The van der Waals surface area contributed by atoms with Crippen molar-refractivity contribution in [1.82, 2.24) is 0 Å². The summed E-state index contributed by atoms with van der Waals surface area (Å²) in [5.41, 5.74) is 7.81. The fourth-order valence-corrected chi connectivity index (χ4v) is 4.17. The van der Waals surface area contributed by atoms with Crippen molar-refractivity contribution in [2.45, 2.75) is 25.7 Å². The highest BCUT2D eigenvalue weighted by atomic mass is 16.5. The van der Waals surface area contributed by atoms with Crippen molar-refractivity contribution in [3.8, 4) is 5.75 Å². The highest BCUT2D eigenvalue weighted by molar-refractivity contribution is 5.46. The molecule has 1 atom stereocenters. The maximum Gasteiger partial charge on any atom is 0.118 e. The van der Waals surface area contributed by atoms with E-state index in [9.17, 15) is 0 Å². The van der Waals surface area contributed by atoms with Crippen LogP contribution in [-0.4, -0.2) is 7.11 Å². The average molecular weight is 393 g/mol. The molecule has 150 valence electrons. The Morgan fingerprint density at radius 1 is 0.467 bits per heavy atom. The zero-order valence-electron chi connectivity index (χ0n) is 17.9. The summed E-state index contributed by atoms with van der Waals surface area (Å²) in [7, 11) is 1.71. The molecule has 0 aliphatic rings. The fraction of sp³-hybridized carbons (Fsp3) is 0.172. The largest absolute Gasteiger partial charge is 0.497 e. The minimum Gasteiger partial charge on any atom is -0.497 e. The summed E-state index contributed by atoms with van der Waals surface area (Å²) >= 11 is 0. The molecular formula is C29H28O. The Labute approximate surface area is 180 Å². The van der Waals surface area contributed by atoms with E-state index >= 15 is 0 Å². The normalized spacial score (nSPS) is 12.0. The first kappa shape index (κ1) is 20.0. The minimum atomic E-state index is 0.197. The number of benzene rings is 4. The van der Waals surface area contributed by atoms with E-state index < -0.39 is 0 Å². The molecule has 0 heterocycles. The topological polar surface area (TPSA) is 9.23 Å². The number of methoxy groups -OCH3 is 1. The third kappa shape index (κ3) is 4.31. The second-order valence-electron chi connectivity index (χ2n) is 7.96. The lowest BCUT2D eigenvalue weighted by atomic mass is 9.73. The van der Waals surface area contributed by atoms with Crippen LogP contribution in [0.5, 0.6) is 5.75 Å². The van der Waals surface area contributed by atoms with Gasteiger partial charge in [0.25, 0.3) is 0 Å². The molecule has 4 rings (SSSR count). The lowest BCUT2D eigenvalue weighted by molar-refractivity contribution is 0.414. The van der Waals surface area contributed by atoms with E-state index in [0.29, 0.717) is 0 Å². The van der Waals surface area contributed by atoms with E-state index in [-0.39, 0.29) is 11.8 Å². The molecule has 0 aromatic heterocycles. The quantitative estimate of drug-likeness (QED) is 0.335. The van der Waals surface area contributed by atoms with Gasteiger partial charge in [-0.15, -0.1) is 0 Å². The molecule has 0 bridgehead atoms. The molecule has 4 aromatic carbocycles. The van der Waals surface area contributed by atoms with Crippen molar-refractivity contribution in [2.75, 3.05) is 7.11 Å². The van der Waals surface area contributed by atoms with Crippen LogP contribution in [0.25, 0.3) is 0 Å². The van der Waals surface area contributed by atoms with Gasteiger partial charge in [0.05, 0.1) is 7.11 Å². The predicted octanol–water partition coefficient (Wildman–Crippen LogP) is 7.28. The smallest absolute Gasteiger partial charge is 0.118 e. The third-order valence-corrected chi connectivity index (χ3v) is 5.84. The van der Waals surface area contributed by atoms with Gasteiger partial charge in [-0.05, 0) is 48.2 Å². The molecule has 0 N–H and O–H groups in total. The molecule has 0 saturated heterocycles. The van der Waals surface area contributed by atoms with E-state index in [4.69, 9.17) is 4.74 Å². The first-order valence-corrected chi connectivity index (χ1v) is 10.5. The second kappa shape index (κ2) is 9.00. The standard InChI is InChI=1S/C29H28O/c1-21-9-13-24(14-10-21)29(25-15-11-22(2)12-16-25)28(23-7-5-4-6-8-23)26-17-19-27(30-3)20-18-26/h4-20,28-29H,1-3H3. The van der Waals surface area contributed by atoms with Crippen LogP contribution in [0.1, 0.15) is 45.2 Å². The van der Waals surface area contributed by atoms with Gasteiger partial charge in [-0.1, -0.05) is 102 Å². The van der Waals surface area contributed by atoms with Crippen molar-refractivity contribution in [2.24, 2.45) is 0 Å². The summed E-state index contributed by atoms with van der Waals surface area (Å²) in [4.78, 5) is 0. The van der Waals surface area contributed by atoms with Crippen molar-refractivity contribution >= 4 is 0 Å². The van der Waals surface area contributed by atoms with E-state index in [2.05, 4.69) is 117 Å². The summed E-state index contributed by atoms with van der Waals surface area (Å²) in [6.45, 7) is 4.28.